The molecular formula is C23H21F2N7O3. The van der Waals surface area contributed by atoms with Gasteiger partial charge in [-0.3, -0.25) is 9.48 Å². The molecule has 10 nitrogen and oxygen atoms in total. The lowest BCUT2D eigenvalue weighted by Gasteiger charge is -2.46. The average Bonchev–Trinajstić information content (AvgIpc) is 3.40. The number of fused-ring (bicyclic) bond motifs is 2. The molecule has 1 aliphatic heterocycles. The summed E-state index contributed by atoms with van der Waals surface area (Å²) in [5.41, 5.74) is 1.91. The SMILES string of the molecule is Cn1cc(NC(=O)c2cnn3cccnc23)c(-c2cc3c(cc2OC(F)F)NC2(CCC2)CO3)n1. The van der Waals surface area contributed by atoms with Gasteiger partial charge in [-0.25, -0.2) is 9.50 Å². The molecule has 0 atom stereocenters. The van der Waals surface area contributed by atoms with E-state index in [1.54, 1.807) is 37.8 Å². The first-order chi connectivity index (χ1) is 16.9. The van der Waals surface area contributed by atoms with E-state index in [1.807, 2.05) is 0 Å². The summed E-state index contributed by atoms with van der Waals surface area (Å²) in [7, 11) is 1.67. The Kier molecular flexibility index (Phi) is 4.83. The van der Waals surface area contributed by atoms with Crippen molar-refractivity contribution in [2.75, 3.05) is 17.2 Å². The number of aromatic nitrogens is 5. The van der Waals surface area contributed by atoms with Crippen LogP contribution in [0.25, 0.3) is 16.9 Å². The number of nitrogens with one attached hydrogen (secondary N) is 2. The summed E-state index contributed by atoms with van der Waals surface area (Å²) >= 11 is 0. The molecule has 2 aliphatic rings. The summed E-state index contributed by atoms with van der Waals surface area (Å²) in [6, 6.07) is 4.82. The van der Waals surface area contributed by atoms with E-state index < -0.39 is 12.5 Å². The molecule has 35 heavy (non-hydrogen) atoms. The molecule has 2 N–H and O–H groups in total. The van der Waals surface area contributed by atoms with Gasteiger partial charge in [0, 0.05) is 31.7 Å². The zero-order chi connectivity index (χ0) is 24.2. The Morgan fingerprint density at radius 2 is 2.20 bits per heavy atom. The molecule has 0 unspecified atom stereocenters. The van der Waals surface area contributed by atoms with Crippen LogP contribution in [0.3, 0.4) is 0 Å². The van der Waals surface area contributed by atoms with Crippen LogP contribution in [0.15, 0.2) is 43.0 Å². The molecule has 0 bridgehead atoms. The third kappa shape index (κ3) is 3.70. The standard InChI is InChI=1S/C23H21F2N7O3/c1-31-11-16(28-21(33)14-10-27-32-7-3-6-26-20(14)32)19(30-31)13-8-18-15(9-17(13)35-22(24)25)29-23(12-34-18)4-2-5-23/h3,6-11,22,29H,2,4-5,12H2,1H3,(H,28,33). The average molecular weight is 481 g/mol. The van der Waals surface area contributed by atoms with Crippen molar-refractivity contribution in [3.63, 3.8) is 0 Å². The van der Waals surface area contributed by atoms with Gasteiger partial charge in [-0.1, -0.05) is 0 Å². The number of hydrogen-bond donors (Lipinski definition) is 2. The zero-order valence-electron chi connectivity index (χ0n) is 18.7. The minimum atomic E-state index is -3.04. The summed E-state index contributed by atoms with van der Waals surface area (Å²) in [5, 5.41) is 14.8. The van der Waals surface area contributed by atoms with Crippen molar-refractivity contribution in [3.05, 3.63) is 48.5 Å². The van der Waals surface area contributed by atoms with Gasteiger partial charge in [0.1, 0.15) is 29.4 Å². The molecule has 1 fully saturated rings. The summed E-state index contributed by atoms with van der Waals surface area (Å²) in [6.45, 7) is -2.55. The fraction of sp³-hybridized carbons (Fsp3) is 0.304. The summed E-state index contributed by atoms with van der Waals surface area (Å²) in [4.78, 5) is 17.3. The van der Waals surface area contributed by atoms with Gasteiger partial charge in [0.2, 0.25) is 0 Å². The summed E-state index contributed by atoms with van der Waals surface area (Å²) in [6.07, 6.45) is 9.23. The molecule has 4 aromatic rings. The van der Waals surface area contributed by atoms with Gasteiger partial charge in [0.05, 0.1) is 28.7 Å². The molecular weight excluding hydrogens is 460 g/mol. The smallest absolute Gasteiger partial charge is 0.387 e. The van der Waals surface area contributed by atoms with Crippen molar-refractivity contribution in [2.24, 2.45) is 7.05 Å². The van der Waals surface area contributed by atoms with Gasteiger partial charge in [-0.15, -0.1) is 0 Å². The van der Waals surface area contributed by atoms with Crippen LogP contribution < -0.4 is 20.1 Å². The molecule has 0 radical (unpaired) electrons. The fourth-order valence-corrected chi connectivity index (χ4v) is 4.52. The van der Waals surface area contributed by atoms with E-state index in [1.165, 1.54) is 21.5 Å². The minimum Gasteiger partial charge on any atom is -0.489 e. The highest BCUT2D eigenvalue weighted by Crippen LogP contribution is 2.47. The van der Waals surface area contributed by atoms with Gasteiger partial charge >= 0.3 is 6.61 Å². The van der Waals surface area contributed by atoms with Crippen LogP contribution in [0, 0.1) is 0 Å². The number of ether oxygens (including phenoxy) is 2. The Morgan fingerprint density at radius 3 is 2.97 bits per heavy atom. The van der Waals surface area contributed by atoms with Crippen LogP contribution in [0.5, 0.6) is 11.5 Å². The second-order valence-corrected chi connectivity index (χ2v) is 8.74. The Morgan fingerprint density at radius 1 is 1.34 bits per heavy atom. The van der Waals surface area contributed by atoms with Crippen molar-refractivity contribution in [3.8, 4) is 22.8 Å². The lowest BCUT2D eigenvalue weighted by molar-refractivity contribution is -0.0494. The Hall–Kier alpha value is -4.22. The molecule has 1 saturated carbocycles. The van der Waals surface area contributed by atoms with E-state index in [9.17, 15) is 13.6 Å². The molecule has 6 rings (SSSR count). The summed E-state index contributed by atoms with van der Waals surface area (Å²) in [5.74, 6) is -0.0287. The number of carbonyl (C=O) groups is 1. The van der Waals surface area contributed by atoms with Crippen LogP contribution in [0.2, 0.25) is 0 Å². The van der Waals surface area contributed by atoms with Crippen molar-refractivity contribution in [1.29, 1.82) is 0 Å². The van der Waals surface area contributed by atoms with Gasteiger partial charge in [-0.2, -0.15) is 19.0 Å². The number of hydrogen-bond acceptors (Lipinski definition) is 7. The Balaban J connectivity index is 1.38. The molecule has 0 saturated heterocycles. The quantitative estimate of drug-likeness (QED) is 0.447. The van der Waals surface area contributed by atoms with Crippen LogP contribution in [-0.2, 0) is 7.05 Å². The van der Waals surface area contributed by atoms with Crippen molar-refractivity contribution in [1.82, 2.24) is 24.4 Å². The van der Waals surface area contributed by atoms with E-state index in [2.05, 4.69) is 25.8 Å². The number of amides is 1. The number of alkyl halides is 2. The van der Waals surface area contributed by atoms with Gasteiger partial charge in [-0.05, 0) is 31.4 Å². The maximum atomic E-state index is 13.3. The van der Waals surface area contributed by atoms with E-state index in [4.69, 9.17) is 9.47 Å². The number of halogens is 2. The van der Waals surface area contributed by atoms with Crippen LogP contribution in [0.1, 0.15) is 29.6 Å². The fourth-order valence-electron chi connectivity index (χ4n) is 4.52. The monoisotopic (exact) mass is 481 g/mol. The highest BCUT2D eigenvalue weighted by Gasteiger charge is 2.41. The Labute approximate surface area is 197 Å². The maximum Gasteiger partial charge on any atom is 0.387 e. The van der Waals surface area contributed by atoms with Crippen LogP contribution >= 0.6 is 0 Å². The summed E-state index contributed by atoms with van der Waals surface area (Å²) < 4.78 is 40.5. The van der Waals surface area contributed by atoms with Crippen LogP contribution in [0.4, 0.5) is 20.2 Å². The maximum absolute atomic E-state index is 13.3. The molecule has 1 amide bonds. The third-order valence-corrected chi connectivity index (χ3v) is 6.37. The lowest BCUT2D eigenvalue weighted by atomic mass is 9.76. The predicted molar refractivity (Wildman–Crippen MR) is 122 cm³/mol. The minimum absolute atomic E-state index is 0.0712. The lowest BCUT2D eigenvalue weighted by Crippen LogP contribution is -2.52. The molecule has 1 spiro atoms. The number of carbonyl (C=O) groups excluding carboxylic acids is 1. The van der Waals surface area contributed by atoms with Gasteiger partial charge in [0.25, 0.3) is 5.91 Å². The first-order valence-corrected chi connectivity index (χ1v) is 11.1. The molecule has 12 heteroatoms. The van der Waals surface area contributed by atoms with Crippen LogP contribution in [-0.4, -0.2) is 49.0 Å². The molecule has 1 aromatic carbocycles. The van der Waals surface area contributed by atoms with Crippen molar-refractivity contribution < 1.29 is 23.0 Å². The Bertz CT molecular complexity index is 1440. The number of rotatable bonds is 5. The molecule has 1 aliphatic carbocycles. The van der Waals surface area contributed by atoms with Gasteiger partial charge in [0.15, 0.2) is 5.65 Å². The third-order valence-electron chi connectivity index (χ3n) is 6.37. The van der Waals surface area contributed by atoms with E-state index in [0.717, 1.165) is 19.3 Å². The predicted octanol–water partition coefficient (Wildman–Crippen LogP) is 3.71. The second-order valence-electron chi connectivity index (χ2n) is 8.74. The van der Waals surface area contributed by atoms with Crippen molar-refractivity contribution in [2.45, 2.75) is 31.4 Å². The number of anilines is 2. The first kappa shape index (κ1) is 21.3. The van der Waals surface area contributed by atoms with Crippen molar-refractivity contribution >= 4 is 22.9 Å². The number of aryl methyl sites for hydroxylation is 1. The van der Waals surface area contributed by atoms with E-state index >= 15 is 0 Å². The molecule has 4 heterocycles. The number of nitrogens with zero attached hydrogens (tertiary/aromatic N) is 5. The van der Waals surface area contributed by atoms with E-state index in [0.29, 0.717) is 29.4 Å². The van der Waals surface area contributed by atoms with Gasteiger partial charge < -0.3 is 20.1 Å². The zero-order valence-corrected chi connectivity index (χ0v) is 18.7. The normalized spacial score (nSPS) is 15.9. The molecule has 180 valence electrons. The highest BCUT2D eigenvalue weighted by atomic mass is 19.3. The largest absolute Gasteiger partial charge is 0.489 e. The first-order valence-electron chi connectivity index (χ1n) is 11.1. The second kappa shape index (κ2) is 7.93. The number of benzene rings is 1. The molecule has 3 aromatic heterocycles. The van der Waals surface area contributed by atoms with E-state index in [-0.39, 0.29) is 28.1 Å². The topological polar surface area (TPSA) is 108 Å². The highest BCUT2D eigenvalue weighted by molar-refractivity contribution is 6.09.